The number of anilines is 1. The predicted molar refractivity (Wildman–Crippen MR) is 166 cm³/mol. The topological polar surface area (TPSA) is 88.7 Å². The predicted octanol–water partition coefficient (Wildman–Crippen LogP) is 6.01. The summed E-state index contributed by atoms with van der Waals surface area (Å²) in [5.74, 6) is 0.634. The number of imide groups is 1. The number of thiazole rings is 1. The van der Waals surface area contributed by atoms with Crippen molar-refractivity contribution < 1.29 is 19.1 Å². The van der Waals surface area contributed by atoms with Crippen LogP contribution in [0.25, 0.3) is 0 Å². The number of nitrogens with one attached hydrogen (secondary N) is 1. The molecular formula is C34H30N2O5S2. The number of ether oxygens (including phenoxy) is 2. The maximum atomic E-state index is 13.9. The molecule has 2 amide bonds. The van der Waals surface area contributed by atoms with Gasteiger partial charge in [0.15, 0.2) is 11.5 Å². The normalized spacial score (nSPS) is 28.5. The van der Waals surface area contributed by atoms with Crippen LogP contribution in [-0.4, -0.2) is 29.2 Å². The average Bonchev–Trinajstić information content (AvgIpc) is 3.75. The van der Waals surface area contributed by atoms with Gasteiger partial charge in [-0.25, -0.2) is 0 Å². The maximum absolute atomic E-state index is 13.9. The van der Waals surface area contributed by atoms with Gasteiger partial charge in [0.1, 0.15) is 6.61 Å². The Hall–Kier alpha value is -3.82. The van der Waals surface area contributed by atoms with Crippen LogP contribution in [0, 0.1) is 36.5 Å². The molecule has 0 unspecified atom stereocenters. The van der Waals surface area contributed by atoms with Crippen LogP contribution in [0.1, 0.15) is 33.9 Å². The Balaban J connectivity index is 1.15. The van der Waals surface area contributed by atoms with Gasteiger partial charge in [-0.3, -0.25) is 19.3 Å². The SMILES string of the molecule is COc1cc([C@@H]2c3sc(=O)[nH]c3S[C@@H]3[C@@H]4C[C@@H]([C@@H]5C(=O)N(c6ccccc6)C(=O)[C@@H]45)[C@@H]23)ccc1OCc1cccc(C)c1. The van der Waals surface area contributed by atoms with E-state index in [2.05, 4.69) is 30.1 Å². The van der Waals surface area contributed by atoms with E-state index < -0.39 is 0 Å². The number of carbonyl (C=O) groups excluding carboxylic acids is 2. The number of amides is 2. The minimum Gasteiger partial charge on any atom is -0.493 e. The molecule has 7 atom stereocenters. The number of para-hydroxylation sites is 1. The van der Waals surface area contributed by atoms with E-state index in [0.717, 1.165) is 27.5 Å². The van der Waals surface area contributed by atoms with Gasteiger partial charge in [-0.05, 0) is 66.5 Å². The summed E-state index contributed by atoms with van der Waals surface area (Å²) in [4.78, 5) is 45.8. The molecule has 0 spiro atoms. The lowest BCUT2D eigenvalue weighted by Crippen LogP contribution is -2.42. The summed E-state index contributed by atoms with van der Waals surface area (Å²) in [5.41, 5.74) is 3.94. The summed E-state index contributed by atoms with van der Waals surface area (Å²) in [7, 11) is 1.64. The largest absolute Gasteiger partial charge is 0.493 e. The molecule has 218 valence electrons. The van der Waals surface area contributed by atoms with Crippen molar-refractivity contribution in [3.63, 3.8) is 0 Å². The monoisotopic (exact) mass is 610 g/mol. The van der Waals surface area contributed by atoms with E-state index in [1.807, 2.05) is 54.6 Å². The third-order valence-electron chi connectivity index (χ3n) is 9.76. The van der Waals surface area contributed by atoms with Crippen molar-refractivity contribution in [3.8, 4) is 11.5 Å². The van der Waals surface area contributed by atoms with Crippen LogP contribution in [0.3, 0.4) is 0 Å². The van der Waals surface area contributed by atoms with E-state index in [9.17, 15) is 14.4 Å². The summed E-state index contributed by atoms with van der Waals surface area (Å²) in [6, 6.07) is 23.6. The molecule has 9 heteroatoms. The number of carbonyl (C=O) groups is 2. The number of thioether (sulfide) groups is 1. The number of aromatic nitrogens is 1. The van der Waals surface area contributed by atoms with Crippen molar-refractivity contribution in [2.75, 3.05) is 12.0 Å². The van der Waals surface area contributed by atoms with E-state index in [-0.39, 0.29) is 57.4 Å². The van der Waals surface area contributed by atoms with Crippen LogP contribution < -0.4 is 19.2 Å². The first-order valence-corrected chi connectivity index (χ1v) is 16.3. The molecule has 2 saturated carbocycles. The standard InChI is InChI=1S/C34H30N2O5S2/c1-17-7-6-8-18(13-17)16-41-23-12-11-19(14-24(23)40-2)25-26-21-15-22(29(26)42-31-30(25)43-34(39)35-31)28-27(21)32(37)36(33(28)38)20-9-4-3-5-10-20/h3-14,21-22,25-29H,15-16H2,1-2H3,(H,35,39)/t21-,22-,25+,26+,27+,28+,29-/m1/s1. The summed E-state index contributed by atoms with van der Waals surface area (Å²) in [5, 5.41) is 1.02. The number of fused-ring (bicyclic) bond motifs is 9. The molecule has 4 aromatic rings. The number of methoxy groups -OCH3 is 1. The van der Waals surface area contributed by atoms with Crippen LogP contribution in [-0.2, 0) is 16.2 Å². The summed E-state index contributed by atoms with van der Waals surface area (Å²) in [6.45, 7) is 2.48. The minimum absolute atomic E-state index is 0.0521. The molecule has 4 aliphatic rings. The Labute approximate surface area is 257 Å². The molecule has 3 heterocycles. The fraction of sp³-hybridized carbons (Fsp3) is 0.324. The molecule has 7 nitrogen and oxygen atoms in total. The van der Waals surface area contributed by atoms with Gasteiger partial charge in [-0.1, -0.05) is 65.4 Å². The summed E-state index contributed by atoms with van der Waals surface area (Å²) in [6.07, 6.45) is 0.849. The number of aromatic amines is 1. The van der Waals surface area contributed by atoms with Crippen molar-refractivity contribution in [2.24, 2.45) is 29.6 Å². The average molecular weight is 611 g/mol. The molecule has 1 aromatic heterocycles. The zero-order valence-corrected chi connectivity index (χ0v) is 25.3. The van der Waals surface area contributed by atoms with Crippen LogP contribution >= 0.6 is 23.1 Å². The number of H-pyrrole nitrogens is 1. The number of rotatable bonds is 6. The van der Waals surface area contributed by atoms with Crippen molar-refractivity contribution in [1.29, 1.82) is 0 Å². The summed E-state index contributed by atoms with van der Waals surface area (Å²) >= 11 is 2.95. The Morgan fingerprint density at radius 2 is 1.70 bits per heavy atom. The molecule has 1 saturated heterocycles. The first kappa shape index (κ1) is 26.8. The lowest BCUT2D eigenvalue weighted by Gasteiger charge is -2.43. The molecule has 0 radical (unpaired) electrons. The molecule has 2 bridgehead atoms. The van der Waals surface area contributed by atoms with Crippen molar-refractivity contribution >= 4 is 40.6 Å². The zero-order chi connectivity index (χ0) is 29.4. The smallest absolute Gasteiger partial charge is 0.305 e. The van der Waals surface area contributed by atoms with Gasteiger partial charge in [0, 0.05) is 16.0 Å². The first-order valence-electron chi connectivity index (χ1n) is 14.6. The van der Waals surface area contributed by atoms with Crippen molar-refractivity contribution in [1.82, 2.24) is 4.98 Å². The third kappa shape index (κ3) is 4.12. The quantitative estimate of drug-likeness (QED) is 0.269. The number of aryl methyl sites for hydroxylation is 1. The van der Waals surface area contributed by atoms with E-state index in [1.165, 1.54) is 21.8 Å². The van der Waals surface area contributed by atoms with Gasteiger partial charge < -0.3 is 14.5 Å². The van der Waals surface area contributed by atoms with Gasteiger partial charge >= 0.3 is 4.87 Å². The van der Waals surface area contributed by atoms with Gasteiger partial charge in [0.05, 0.1) is 29.7 Å². The minimum atomic E-state index is -0.335. The molecule has 8 rings (SSSR count). The highest BCUT2D eigenvalue weighted by molar-refractivity contribution is 8.00. The fourth-order valence-corrected chi connectivity index (χ4v) is 11.1. The third-order valence-corrected chi connectivity index (χ3v) is 12.4. The molecule has 3 aromatic carbocycles. The van der Waals surface area contributed by atoms with Gasteiger partial charge in [0.2, 0.25) is 11.8 Å². The van der Waals surface area contributed by atoms with Crippen molar-refractivity contribution in [2.45, 2.75) is 36.1 Å². The van der Waals surface area contributed by atoms with Crippen molar-refractivity contribution in [3.05, 3.63) is 104 Å². The Kier molecular flexibility index (Phi) is 6.31. The Bertz CT molecular complexity index is 1820. The highest BCUT2D eigenvalue weighted by Gasteiger charge is 2.69. The van der Waals surface area contributed by atoms with Gasteiger partial charge in [0.25, 0.3) is 0 Å². The lowest BCUT2D eigenvalue weighted by atomic mass is 9.68. The van der Waals surface area contributed by atoms with Crippen LogP contribution in [0.5, 0.6) is 11.5 Å². The highest BCUT2D eigenvalue weighted by atomic mass is 32.2. The van der Waals surface area contributed by atoms with Gasteiger partial charge in [-0.15, -0.1) is 11.8 Å². The van der Waals surface area contributed by atoms with Gasteiger partial charge in [-0.2, -0.15) is 0 Å². The molecule has 1 N–H and O–H groups in total. The van der Waals surface area contributed by atoms with E-state index in [4.69, 9.17) is 9.47 Å². The van der Waals surface area contributed by atoms with E-state index >= 15 is 0 Å². The molecule has 43 heavy (non-hydrogen) atoms. The fourth-order valence-electron chi connectivity index (χ4n) is 8.18. The van der Waals surface area contributed by atoms with Crippen LogP contribution in [0.4, 0.5) is 5.69 Å². The lowest BCUT2D eigenvalue weighted by molar-refractivity contribution is -0.123. The van der Waals surface area contributed by atoms with Crippen LogP contribution in [0.15, 0.2) is 82.6 Å². The van der Waals surface area contributed by atoms with Crippen LogP contribution in [0.2, 0.25) is 0 Å². The zero-order valence-electron chi connectivity index (χ0n) is 23.7. The summed E-state index contributed by atoms with van der Waals surface area (Å²) < 4.78 is 12.0. The second-order valence-electron chi connectivity index (χ2n) is 12.0. The Morgan fingerprint density at radius 3 is 2.47 bits per heavy atom. The van der Waals surface area contributed by atoms with E-state index in [1.54, 1.807) is 18.9 Å². The Morgan fingerprint density at radius 1 is 0.907 bits per heavy atom. The highest BCUT2D eigenvalue weighted by Crippen LogP contribution is 2.68. The number of nitrogens with zero attached hydrogens (tertiary/aromatic N) is 1. The number of hydrogen-bond acceptors (Lipinski definition) is 7. The molecule has 2 aliphatic carbocycles. The first-order chi connectivity index (χ1) is 20.9. The van der Waals surface area contributed by atoms with E-state index in [0.29, 0.717) is 23.8 Å². The second-order valence-corrected chi connectivity index (χ2v) is 14.2. The molecular weight excluding hydrogens is 581 g/mol. The number of benzene rings is 3. The molecule has 2 aliphatic heterocycles. The maximum Gasteiger partial charge on any atom is 0.305 e. The molecule has 3 fully saturated rings. The number of hydrogen-bond donors (Lipinski definition) is 1. The second kappa shape index (κ2) is 10.1.